The number of hydrogen-bond acceptors (Lipinski definition) is 5. The molecule has 0 aliphatic carbocycles. The largest absolute Gasteiger partial charge is 0.494 e. The lowest BCUT2D eigenvalue weighted by atomic mass is 10.2. The van der Waals surface area contributed by atoms with Gasteiger partial charge in [0.05, 0.1) is 18.9 Å². The van der Waals surface area contributed by atoms with E-state index in [4.69, 9.17) is 15.2 Å². The fraction of sp³-hybridized carbons (Fsp3) is 0.286. The van der Waals surface area contributed by atoms with E-state index in [1.807, 2.05) is 13.8 Å². The van der Waals surface area contributed by atoms with Crippen LogP contribution in [0.5, 0.6) is 11.5 Å². The number of aromatic nitrogens is 2. The molecule has 4 N–H and O–H groups in total. The molecule has 0 radical (unpaired) electrons. The van der Waals surface area contributed by atoms with E-state index in [1.54, 1.807) is 18.2 Å². The summed E-state index contributed by atoms with van der Waals surface area (Å²) in [5.41, 5.74) is 6.29. The summed E-state index contributed by atoms with van der Waals surface area (Å²) < 4.78 is 10.9. The van der Waals surface area contributed by atoms with E-state index >= 15 is 0 Å². The van der Waals surface area contributed by atoms with E-state index in [-0.39, 0.29) is 17.4 Å². The Morgan fingerprint density at radius 1 is 1.29 bits per heavy atom. The zero-order valence-electron chi connectivity index (χ0n) is 12.0. The second kappa shape index (κ2) is 6.65. The number of nitrogens with zero attached hydrogens (tertiary/aromatic N) is 1. The summed E-state index contributed by atoms with van der Waals surface area (Å²) in [4.78, 5) is 12.1. The average molecular weight is 290 g/mol. The minimum Gasteiger partial charge on any atom is -0.494 e. The van der Waals surface area contributed by atoms with E-state index < -0.39 is 0 Å². The number of rotatable bonds is 6. The number of ether oxygens (including phenoxy) is 2. The zero-order chi connectivity index (χ0) is 15.2. The van der Waals surface area contributed by atoms with Crippen LogP contribution in [0.1, 0.15) is 24.3 Å². The van der Waals surface area contributed by atoms with Crippen LogP contribution < -0.4 is 20.5 Å². The normalized spacial score (nSPS) is 10.2. The van der Waals surface area contributed by atoms with Crippen molar-refractivity contribution in [3.05, 3.63) is 30.0 Å². The van der Waals surface area contributed by atoms with Crippen molar-refractivity contribution in [1.29, 1.82) is 0 Å². The van der Waals surface area contributed by atoms with E-state index in [1.165, 1.54) is 6.07 Å². The Labute approximate surface area is 122 Å². The highest BCUT2D eigenvalue weighted by molar-refractivity contribution is 6.04. The van der Waals surface area contributed by atoms with Crippen molar-refractivity contribution in [3.8, 4) is 11.5 Å². The number of nitrogen functional groups attached to an aromatic ring is 1. The maximum atomic E-state index is 12.1. The van der Waals surface area contributed by atoms with Gasteiger partial charge >= 0.3 is 0 Å². The summed E-state index contributed by atoms with van der Waals surface area (Å²) >= 11 is 0. The lowest BCUT2D eigenvalue weighted by molar-refractivity contribution is 0.102. The molecule has 0 aliphatic rings. The number of aromatic amines is 1. The van der Waals surface area contributed by atoms with Gasteiger partial charge in [-0.3, -0.25) is 9.89 Å². The van der Waals surface area contributed by atoms with Crippen molar-refractivity contribution in [3.63, 3.8) is 0 Å². The summed E-state index contributed by atoms with van der Waals surface area (Å²) in [5.74, 6) is 1.13. The molecule has 0 spiro atoms. The van der Waals surface area contributed by atoms with Crippen molar-refractivity contribution >= 4 is 17.4 Å². The highest BCUT2D eigenvalue weighted by Gasteiger charge is 2.13. The smallest absolute Gasteiger partial charge is 0.273 e. The molecule has 0 saturated heterocycles. The standard InChI is InChI=1S/C14H18N4O3/c1-3-20-9-5-6-12(21-4-2)10(7-9)16-14(19)11-8-13(15)18-17-11/h5-8H,3-4H2,1-2H3,(H,16,19)(H3,15,17,18). The monoisotopic (exact) mass is 290 g/mol. The summed E-state index contributed by atoms with van der Waals surface area (Å²) in [6.07, 6.45) is 0. The molecule has 21 heavy (non-hydrogen) atoms. The van der Waals surface area contributed by atoms with Crippen LogP contribution in [0.2, 0.25) is 0 Å². The molecule has 2 rings (SSSR count). The maximum Gasteiger partial charge on any atom is 0.273 e. The van der Waals surface area contributed by atoms with Crippen LogP contribution in [-0.4, -0.2) is 29.3 Å². The third-order valence-corrected chi connectivity index (χ3v) is 2.65. The third-order valence-electron chi connectivity index (χ3n) is 2.65. The molecule has 0 aliphatic heterocycles. The molecule has 0 bridgehead atoms. The van der Waals surface area contributed by atoms with Crippen LogP contribution in [0.15, 0.2) is 24.3 Å². The Morgan fingerprint density at radius 3 is 2.67 bits per heavy atom. The van der Waals surface area contributed by atoms with E-state index in [9.17, 15) is 4.79 Å². The zero-order valence-corrected chi connectivity index (χ0v) is 12.0. The van der Waals surface area contributed by atoms with Gasteiger partial charge in [0.1, 0.15) is 23.0 Å². The Balaban J connectivity index is 2.23. The molecular weight excluding hydrogens is 272 g/mol. The number of amides is 1. The van der Waals surface area contributed by atoms with Crippen LogP contribution >= 0.6 is 0 Å². The highest BCUT2D eigenvalue weighted by Crippen LogP contribution is 2.29. The minimum atomic E-state index is -0.353. The van der Waals surface area contributed by atoms with Gasteiger partial charge in [0.25, 0.3) is 5.91 Å². The first-order valence-corrected chi connectivity index (χ1v) is 6.66. The van der Waals surface area contributed by atoms with Gasteiger partial charge in [-0.15, -0.1) is 0 Å². The molecule has 1 aromatic carbocycles. The van der Waals surface area contributed by atoms with Gasteiger partial charge in [-0.05, 0) is 26.0 Å². The lowest BCUT2D eigenvalue weighted by Gasteiger charge is -2.13. The molecule has 0 saturated carbocycles. The number of carbonyl (C=O) groups is 1. The molecule has 1 heterocycles. The number of nitrogens with one attached hydrogen (secondary N) is 2. The van der Waals surface area contributed by atoms with Crippen molar-refractivity contribution in [2.45, 2.75) is 13.8 Å². The molecule has 112 valence electrons. The fourth-order valence-corrected chi connectivity index (χ4v) is 1.79. The number of carbonyl (C=O) groups excluding carboxylic acids is 1. The molecule has 0 fully saturated rings. The van der Waals surface area contributed by atoms with Crippen molar-refractivity contribution < 1.29 is 14.3 Å². The molecule has 1 amide bonds. The van der Waals surface area contributed by atoms with Crippen molar-refractivity contribution in [1.82, 2.24) is 10.2 Å². The molecule has 0 atom stereocenters. The predicted molar refractivity (Wildman–Crippen MR) is 79.7 cm³/mol. The quantitative estimate of drug-likeness (QED) is 0.755. The number of nitrogens with two attached hydrogens (primary N) is 1. The van der Waals surface area contributed by atoms with Gasteiger partial charge < -0.3 is 20.5 Å². The Kier molecular flexibility index (Phi) is 4.65. The van der Waals surface area contributed by atoms with Crippen molar-refractivity contribution in [2.24, 2.45) is 0 Å². The van der Waals surface area contributed by atoms with Crippen LogP contribution in [0.4, 0.5) is 11.5 Å². The SMILES string of the molecule is CCOc1ccc(OCC)c(NC(=O)c2cc(N)n[nH]2)c1. The lowest BCUT2D eigenvalue weighted by Crippen LogP contribution is -2.13. The average Bonchev–Trinajstić information content (AvgIpc) is 2.89. The predicted octanol–water partition coefficient (Wildman–Crippen LogP) is 2.04. The summed E-state index contributed by atoms with van der Waals surface area (Å²) in [7, 11) is 0. The Morgan fingerprint density at radius 2 is 2.05 bits per heavy atom. The number of H-pyrrole nitrogens is 1. The topological polar surface area (TPSA) is 102 Å². The van der Waals surface area contributed by atoms with Gasteiger partial charge in [0.15, 0.2) is 0 Å². The highest BCUT2D eigenvalue weighted by atomic mass is 16.5. The summed E-state index contributed by atoms with van der Waals surface area (Å²) in [5, 5.41) is 9.03. The first-order chi connectivity index (χ1) is 10.1. The second-order valence-electron chi connectivity index (χ2n) is 4.18. The molecule has 2 aromatic rings. The molecule has 7 heteroatoms. The second-order valence-corrected chi connectivity index (χ2v) is 4.18. The van der Waals surface area contributed by atoms with Gasteiger partial charge in [-0.25, -0.2) is 0 Å². The summed E-state index contributed by atoms with van der Waals surface area (Å²) in [6, 6.07) is 6.72. The first-order valence-electron chi connectivity index (χ1n) is 6.66. The minimum absolute atomic E-state index is 0.258. The van der Waals surface area contributed by atoms with Crippen LogP contribution in [0.3, 0.4) is 0 Å². The van der Waals surface area contributed by atoms with Crippen LogP contribution in [0, 0.1) is 0 Å². The van der Waals surface area contributed by atoms with Gasteiger partial charge in [-0.1, -0.05) is 0 Å². The van der Waals surface area contributed by atoms with Gasteiger partial charge in [-0.2, -0.15) is 5.10 Å². The summed E-state index contributed by atoms with van der Waals surface area (Å²) in [6.45, 7) is 4.80. The molecular formula is C14H18N4O3. The number of benzene rings is 1. The van der Waals surface area contributed by atoms with E-state index in [0.29, 0.717) is 30.4 Å². The fourth-order valence-electron chi connectivity index (χ4n) is 1.79. The first kappa shape index (κ1) is 14.7. The van der Waals surface area contributed by atoms with Crippen LogP contribution in [0.25, 0.3) is 0 Å². The molecule has 0 unspecified atom stereocenters. The number of hydrogen-bond donors (Lipinski definition) is 3. The maximum absolute atomic E-state index is 12.1. The molecule has 7 nitrogen and oxygen atoms in total. The third kappa shape index (κ3) is 3.65. The van der Waals surface area contributed by atoms with Crippen molar-refractivity contribution in [2.75, 3.05) is 24.3 Å². The van der Waals surface area contributed by atoms with Gasteiger partial charge in [0, 0.05) is 12.1 Å². The Bertz CT molecular complexity index is 624. The number of anilines is 2. The Hall–Kier alpha value is -2.70. The van der Waals surface area contributed by atoms with Crippen LogP contribution in [-0.2, 0) is 0 Å². The van der Waals surface area contributed by atoms with Gasteiger partial charge in [0.2, 0.25) is 0 Å². The van der Waals surface area contributed by atoms with E-state index in [2.05, 4.69) is 15.5 Å². The molecule has 1 aromatic heterocycles. The van der Waals surface area contributed by atoms with E-state index in [0.717, 1.165) is 0 Å².